The van der Waals surface area contributed by atoms with E-state index >= 15 is 0 Å². The second kappa shape index (κ2) is 5.85. The summed E-state index contributed by atoms with van der Waals surface area (Å²) in [6.45, 7) is 1.50. The first-order valence-electron chi connectivity index (χ1n) is 5.72. The van der Waals surface area contributed by atoms with E-state index in [9.17, 15) is 19.8 Å². The number of aromatic carboxylic acids is 1. The highest BCUT2D eigenvalue weighted by atomic mass is 79.9. The fourth-order valence-corrected chi connectivity index (χ4v) is 3.27. The Labute approximate surface area is 127 Å². The van der Waals surface area contributed by atoms with Crippen LogP contribution in [0.25, 0.3) is 10.8 Å². The highest BCUT2D eigenvalue weighted by molar-refractivity contribution is 9.10. The SMILES string of the molecule is C[C@H](Sc1ccc(Br)c2cccc(C(=O)[O-])c12)C(=O)[O-]. The molecule has 0 saturated carbocycles. The summed E-state index contributed by atoms with van der Waals surface area (Å²) in [6.07, 6.45) is 0. The van der Waals surface area contributed by atoms with Crippen molar-refractivity contribution in [1.82, 2.24) is 0 Å². The normalized spacial score (nSPS) is 12.3. The van der Waals surface area contributed by atoms with Crippen molar-refractivity contribution in [3.8, 4) is 0 Å². The molecule has 104 valence electrons. The van der Waals surface area contributed by atoms with Crippen LogP contribution in [-0.2, 0) is 4.79 Å². The molecule has 0 spiro atoms. The van der Waals surface area contributed by atoms with Gasteiger partial charge in [-0.25, -0.2) is 0 Å². The fourth-order valence-electron chi connectivity index (χ4n) is 1.85. The number of aliphatic carboxylic acids is 1. The molecule has 0 aliphatic carbocycles. The molecule has 0 amide bonds. The molecule has 0 radical (unpaired) electrons. The number of carboxylic acids is 2. The van der Waals surface area contributed by atoms with Crippen LogP contribution < -0.4 is 10.2 Å². The molecule has 1 atom stereocenters. The van der Waals surface area contributed by atoms with Crippen molar-refractivity contribution in [3.63, 3.8) is 0 Å². The van der Waals surface area contributed by atoms with Crippen molar-refractivity contribution in [2.45, 2.75) is 17.1 Å². The molecular weight excluding hydrogens is 344 g/mol. The van der Waals surface area contributed by atoms with Gasteiger partial charge in [-0.3, -0.25) is 0 Å². The molecule has 0 saturated heterocycles. The number of benzene rings is 2. The first-order chi connectivity index (χ1) is 9.41. The number of carbonyl (C=O) groups excluding carboxylic acids is 2. The third-order valence-corrected chi connectivity index (χ3v) is 4.64. The fraction of sp³-hybridized carbons (Fsp3) is 0.143. The molecule has 0 bridgehead atoms. The number of hydrogen-bond acceptors (Lipinski definition) is 5. The summed E-state index contributed by atoms with van der Waals surface area (Å²) in [5.74, 6) is -2.49. The van der Waals surface area contributed by atoms with E-state index in [1.807, 2.05) is 0 Å². The van der Waals surface area contributed by atoms with Crippen LogP contribution in [0.4, 0.5) is 0 Å². The first kappa shape index (κ1) is 14.9. The Hall–Kier alpha value is -1.53. The van der Waals surface area contributed by atoms with Crippen molar-refractivity contribution < 1.29 is 19.8 Å². The Morgan fingerprint density at radius 1 is 1.20 bits per heavy atom. The van der Waals surface area contributed by atoms with Gasteiger partial charge in [0, 0.05) is 25.6 Å². The summed E-state index contributed by atoms with van der Waals surface area (Å²) in [5.41, 5.74) is 0.0387. The van der Waals surface area contributed by atoms with Crippen LogP contribution in [0, 0.1) is 0 Å². The van der Waals surface area contributed by atoms with Gasteiger partial charge in [0.25, 0.3) is 0 Å². The zero-order chi connectivity index (χ0) is 14.9. The van der Waals surface area contributed by atoms with E-state index in [4.69, 9.17) is 0 Å². The topological polar surface area (TPSA) is 80.3 Å². The molecule has 6 heteroatoms. The second-order valence-electron chi connectivity index (χ2n) is 4.14. The molecule has 0 heterocycles. The second-order valence-corrected chi connectivity index (χ2v) is 6.38. The lowest BCUT2D eigenvalue weighted by Gasteiger charge is -2.17. The van der Waals surface area contributed by atoms with Crippen LogP contribution in [0.5, 0.6) is 0 Å². The van der Waals surface area contributed by atoms with E-state index in [-0.39, 0.29) is 5.56 Å². The van der Waals surface area contributed by atoms with Gasteiger partial charge in [-0.1, -0.05) is 34.1 Å². The van der Waals surface area contributed by atoms with E-state index in [0.717, 1.165) is 16.2 Å². The summed E-state index contributed by atoms with van der Waals surface area (Å²) in [4.78, 5) is 22.7. The average molecular weight is 353 g/mol. The van der Waals surface area contributed by atoms with E-state index in [1.54, 1.807) is 24.3 Å². The number of carbonyl (C=O) groups is 2. The molecule has 2 rings (SSSR count). The van der Waals surface area contributed by atoms with Gasteiger partial charge in [0.2, 0.25) is 0 Å². The number of hydrogen-bond donors (Lipinski definition) is 0. The zero-order valence-corrected chi connectivity index (χ0v) is 12.8. The van der Waals surface area contributed by atoms with Crippen molar-refractivity contribution in [2.24, 2.45) is 0 Å². The molecule has 4 nitrogen and oxygen atoms in total. The molecule has 20 heavy (non-hydrogen) atoms. The van der Waals surface area contributed by atoms with Gasteiger partial charge in [-0.05, 0) is 24.4 Å². The molecule has 0 aliphatic heterocycles. The summed E-state index contributed by atoms with van der Waals surface area (Å²) in [5, 5.41) is 22.5. The summed E-state index contributed by atoms with van der Waals surface area (Å²) in [7, 11) is 0. The van der Waals surface area contributed by atoms with Crippen LogP contribution in [0.3, 0.4) is 0 Å². The molecular formula is C14H9BrO4S-2. The van der Waals surface area contributed by atoms with Crippen LogP contribution in [-0.4, -0.2) is 17.2 Å². The number of fused-ring (bicyclic) bond motifs is 1. The van der Waals surface area contributed by atoms with Gasteiger partial charge in [-0.2, -0.15) is 0 Å². The minimum absolute atomic E-state index is 0.0387. The van der Waals surface area contributed by atoms with E-state index in [1.165, 1.54) is 13.0 Å². The van der Waals surface area contributed by atoms with Gasteiger partial charge in [0.05, 0.1) is 11.9 Å². The Morgan fingerprint density at radius 3 is 2.50 bits per heavy atom. The Morgan fingerprint density at radius 2 is 1.90 bits per heavy atom. The summed E-state index contributed by atoms with van der Waals surface area (Å²) < 4.78 is 0.737. The lowest BCUT2D eigenvalue weighted by molar-refractivity contribution is -0.304. The van der Waals surface area contributed by atoms with E-state index in [2.05, 4.69) is 15.9 Å². The number of carboxylic acid groups (broad SMARTS) is 2. The zero-order valence-electron chi connectivity index (χ0n) is 10.4. The van der Waals surface area contributed by atoms with Crippen LogP contribution in [0.1, 0.15) is 17.3 Å². The number of rotatable bonds is 4. The predicted molar refractivity (Wildman–Crippen MR) is 76.3 cm³/mol. The van der Waals surface area contributed by atoms with Crippen LogP contribution in [0.2, 0.25) is 0 Å². The molecule has 0 aromatic heterocycles. The van der Waals surface area contributed by atoms with Gasteiger partial charge >= 0.3 is 0 Å². The molecule has 0 N–H and O–H groups in total. The quantitative estimate of drug-likeness (QED) is 0.772. The third kappa shape index (κ3) is 2.81. The van der Waals surface area contributed by atoms with E-state index in [0.29, 0.717) is 15.7 Å². The maximum absolute atomic E-state index is 11.2. The number of halogens is 1. The van der Waals surface area contributed by atoms with Crippen molar-refractivity contribution in [3.05, 3.63) is 40.4 Å². The lowest BCUT2D eigenvalue weighted by Crippen LogP contribution is -2.31. The maximum Gasteiger partial charge on any atom is 0.0721 e. The largest absolute Gasteiger partial charge is 0.549 e. The van der Waals surface area contributed by atoms with Crippen molar-refractivity contribution in [2.75, 3.05) is 0 Å². The lowest BCUT2D eigenvalue weighted by atomic mass is 10.0. The van der Waals surface area contributed by atoms with Gasteiger partial charge in [0.1, 0.15) is 0 Å². The predicted octanol–water partition coefficient (Wildman–Crippen LogP) is 1.20. The molecule has 0 unspecified atom stereocenters. The maximum atomic E-state index is 11.2. The minimum atomic E-state index is -1.29. The summed E-state index contributed by atoms with van der Waals surface area (Å²) in [6, 6.07) is 8.26. The van der Waals surface area contributed by atoms with Gasteiger partial charge in [-0.15, -0.1) is 11.8 Å². The van der Waals surface area contributed by atoms with Crippen LogP contribution in [0.15, 0.2) is 39.7 Å². The van der Waals surface area contributed by atoms with Crippen molar-refractivity contribution >= 4 is 50.4 Å². The highest BCUT2D eigenvalue weighted by Crippen LogP contribution is 2.36. The molecule has 2 aromatic carbocycles. The van der Waals surface area contributed by atoms with E-state index < -0.39 is 17.2 Å². The Balaban J connectivity index is 2.69. The third-order valence-electron chi connectivity index (χ3n) is 2.80. The minimum Gasteiger partial charge on any atom is -0.549 e. The summed E-state index contributed by atoms with van der Waals surface area (Å²) >= 11 is 4.41. The molecule has 2 aromatic rings. The van der Waals surface area contributed by atoms with Crippen molar-refractivity contribution in [1.29, 1.82) is 0 Å². The van der Waals surface area contributed by atoms with Crippen LogP contribution >= 0.6 is 27.7 Å². The molecule has 0 aliphatic rings. The Bertz CT molecular complexity index is 699. The van der Waals surface area contributed by atoms with Gasteiger partial charge in [0.15, 0.2) is 0 Å². The number of thioether (sulfide) groups is 1. The first-order valence-corrected chi connectivity index (χ1v) is 7.39. The molecule has 0 fully saturated rings. The standard InChI is InChI=1S/C14H11BrO4S/c1-7(13(16)17)20-11-6-5-10(15)8-3-2-4-9(12(8)11)14(18)19/h2-7H,1H3,(H,16,17)(H,18,19)/p-2/t7-/m0/s1. The Kier molecular flexibility index (Phi) is 4.35. The monoisotopic (exact) mass is 352 g/mol. The smallest absolute Gasteiger partial charge is 0.0721 e. The highest BCUT2D eigenvalue weighted by Gasteiger charge is 2.13. The average Bonchev–Trinajstić information content (AvgIpc) is 2.41. The van der Waals surface area contributed by atoms with Gasteiger partial charge < -0.3 is 19.8 Å².